The van der Waals surface area contributed by atoms with E-state index in [4.69, 9.17) is 9.47 Å². The summed E-state index contributed by atoms with van der Waals surface area (Å²) in [5.74, 6) is -1.27. The second kappa shape index (κ2) is 9.48. The van der Waals surface area contributed by atoms with E-state index in [9.17, 15) is 30.6 Å². The summed E-state index contributed by atoms with van der Waals surface area (Å²) in [5.41, 5.74) is 3.63. The number of rotatable bonds is 5. The third-order valence-corrected chi connectivity index (χ3v) is 6.81. The Morgan fingerprint density at radius 1 is 0.579 bits per heavy atom. The molecule has 4 aromatic carbocycles. The molecule has 2 atom stereocenters. The Morgan fingerprint density at radius 2 is 1.18 bits per heavy atom. The topological polar surface area (TPSA) is 140 Å². The maximum absolute atomic E-state index is 11.1. The van der Waals surface area contributed by atoms with Crippen LogP contribution in [0.3, 0.4) is 0 Å². The van der Waals surface area contributed by atoms with Crippen LogP contribution >= 0.6 is 0 Å². The molecule has 0 amide bonds. The Morgan fingerprint density at radius 3 is 1.84 bits per heavy atom. The lowest BCUT2D eigenvalue weighted by Crippen LogP contribution is -2.08. The minimum absolute atomic E-state index is 0.0275. The summed E-state index contributed by atoms with van der Waals surface area (Å²) in [4.78, 5) is 0. The Labute approximate surface area is 218 Å². The monoisotopic (exact) mass is 514 g/mol. The van der Waals surface area contributed by atoms with Crippen molar-refractivity contribution in [3.05, 3.63) is 94.5 Å². The van der Waals surface area contributed by atoms with Crippen molar-refractivity contribution in [1.82, 2.24) is 0 Å². The molecule has 8 heteroatoms. The first-order chi connectivity index (χ1) is 18.2. The van der Waals surface area contributed by atoms with Gasteiger partial charge >= 0.3 is 0 Å². The summed E-state index contributed by atoms with van der Waals surface area (Å²) in [5, 5.41) is 62.5. The molecule has 194 valence electrons. The van der Waals surface area contributed by atoms with E-state index >= 15 is 0 Å². The van der Waals surface area contributed by atoms with Crippen molar-refractivity contribution in [2.75, 3.05) is 14.2 Å². The highest BCUT2D eigenvalue weighted by atomic mass is 16.5. The highest BCUT2D eigenvalue weighted by molar-refractivity contribution is 5.93. The fourth-order valence-electron chi connectivity index (χ4n) is 5.25. The largest absolute Gasteiger partial charge is 0.508 e. The standard InChI is InChI=1S/C30H26O8/c1-37-26-8-15(3-5-23(26)34)7-21-22-13-20(33)14-25(36)30(22)29(16-4-6-24(35)27(11-16)38-2)28(21)17-9-18(31)12-19(32)10-17/h3-14,28-29,31-36H,1-2H3/t28-,29+/m1/s1. The predicted molar refractivity (Wildman–Crippen MR) is 141 cm³/mol. The number of hydrogen-bond acceptors (Lipinski definition) is 8. The molecule has 38 heavy (non-hydrogen) atoms. The zero-order chi connectivity index (χ0) is 27.1. The number of phenols is 6. The lowest BCUT2D eigenvalue weighted by Gasteiger charge is -2.24. The number of aromatic hydroxyl groups is 6. The third-order valence-electron chi connectivity index (χ3n) is 6.81. The van der Waals surface area contributed by atoms with Gasteiger partial charge in [-0.2, -0.15) is 0 Å². The number of fused-ring (bicyclic) bond motifs is 1. The van der Waals surface area contributed by atoms with Crippen LogP contribution in [0.5, 0.6) is 46.0 Å². The van der Waals surface area contributed by atoms with E-state index in [1.165, 1.54) is 50.6 Å². The quantitative estimate of drug-likeness (QED) is 0.208. The van der Waals surface area contributed by atoms with Crippen LogP contribution < -0.4 is 9.47 Å². The number of methoxy groups -OCH3 is 2. The second-order valence-electron chi connectivity index (χ2n) is 9.13. The Hall–Kier alpha value is -4.98. The van der Waals surface area contributed by atoms with Gasteiger partial charge < -0.3 is 40.1 Å². The second-order valence-corrected chi connectivity index (χ2v) is 9.13. The van der Waals surface area contributed by atoms with Crippen LogP contribution in [0.4, 0.5) is 0 Å². The SMILES string of the molecule is COc1cc(C=C2c3cc(O)cc(O)c3[C@@H](c3ccc(O)c(OC)c3)[C@@H]2c2cc(O)cc(O)c2)ccc1O. The van der Waals surface area contributed by atoms with E-state index in [-0.39, 0.29) is 46.0 Å². The zero-order valence-electron chi connectivity index (χ0n) is 20.6. The highest BCUT2D eigenvalue weighted by Crippen LogP contribution is 2.59. The van der Waals surface area contributed by atoms with Crippen molar-refractivity contribution in [3.63, 3.8) is 0 Å². The van der Waals surface area contributed by atoms with Crippen LogP contribution in [0, 0.1) is 0 Å². The van der Waals surface area contributed by atoms with Crippen molar-refractivity contribution in [3.8, 4) is 46.0 Å². The van der Waals surface area contributed by atoms with E-state index < -0.39 is 11.8 Å². The molecule has 5 rings (SSSR count). The molecule has 1 aliphatic rings. The summed E-state index contributed by atoms with van der Waals surface area (Å²) in [6, 6.07) is 16.8. The fraction of sp³-hybridized carbons (Fsp3) is 0.133. The van der Waals surface area contributed by atoms with Crippen LogP contribution in [0.2, 0.25) is 0 Å². The molecular weight excluding hydrogens is 488 g/mol. The third kappa shape index (κ3) is 4.26. The average Bonchev–Trinajstić information content (AvgIpc) is 3.19. The molecule has 0 aromatic heterocycles. The number of ether oxygens (including phenoxy) is 2. The van der Waals surface area contributed by atoms with Crippen LogP contribution in [0.25, 0.3) is 11.6 Å². The molecule has 0 radical (unpaired) electrons. The van der Waals surface area contributed by atoms with Gasteiger partial charge in [0.05, 0.1) is 14.2 Å². The Bertz CT molecular complexity index is 1550. The van der Waals surface area contributed by atoms with Gasteiger partial charge in [0.15, 0.2) is 23.0 Å². The van der Waals surface area contributed by atoms with Gasteiger partial charge in [-0.05, 0) is 70.3 Å². The highest BCUT2D eigenvalue weighted by Gasteiger charge is 2.41. The molecule has 0 saturated carbocycles. The van der Waals surface area contributed by atoms with E-state index in [1.807, 2.05) is 6.08 Å². The molecular formula is C30H26O8. The maximum Gasteiger partial charge on any atom is 0.161 e. The van der Waals surface area contributed by atoms with Crippen molar-refractivity contribution in [2.45, 2.75) is 11.8 Å². The van der Waals surface area contributed by atoms with Gasteiger partial charge in [-0.3, -0.25) is 0 Å². The molecule has 1 aliphatic carbocycles. The number of phenolic OH excluding ortho intramolecular Hbond substituents is 6. The fourth-order valence-corrected chi connectivity index (χ4v) is 5.25. The van der Waals surface area contributed by atoms with Crippen molar-refractivity contribution < 1.29 is 40.1 Å². The molecule has 0 spiro atoms. The minimum atomic E-state index is -0.565. The predicted octanol–water partition coefficient (Wildman–Crippen LogP) is 5.41. The van der Waals surface area contributed by atoms with Crippen LogP contribution in [-0.2, 0) is 0 Å². The molecule has 4 aromatic rings. The first-order valence-electron chi connectivity index (χ1n) is 11.7. The van der Waals surface area contributed by atoms with Crippen LogP contribution in [0.1, 0.15) is 39.7 Å². The summed E-state index contributed by atoms with van der Waals surface area (Å²) in [6.45, 7) is 0. The van der Waals surface area contributed by atoms with Crippen molar-refractivity contribution >= 4 is 11.6 Å². The molecule has 0 fully saturated rings. The van der Waals surface area contributed by atoms with Gasteiger partial charge in [-0.25, -0.2) is 0 Å². The normalized spacial score (nSPS) is 17.4. The molecule has 0 bridgehead atoms. The molecule has 0 aliphatic heterocycles. The van der Waals surface area contributed by atoms with Crippen molar-refractivity contribution in [2.24, 2.45) is 0 Å². The van der Waals surface area contributed by atoms with Crippen LogP contribution in [0.15, 0.2) is 66.7 Å². The average molecular weight is 515 g/mol. The number of allylic oxidation sites excluding steroid dienone is 1. The Balaban J connectivity index is 1.84. The van der Waals surface area contributed by atoms with Gasteiger partial charge in [-0.1, -0.05) is 18.2 Å². The van der Waals surface area contributed by atoms with Gasteiger partial charge in [0, 0.05) is 29.5 Å². The summed E-state index contributed by atoms with van der Waals surface area (Å²) < 4.78 is 10.6. The van der Waals surface area contributed by atoms with Gasteiger partial charge in [0.25, 0.3) is 0 Å². The summed E-state index contributed by atoms with van der Waals surface area (Å²) >= 11 is 0. The van der Waals surface area contributed by atoms with Crippen molar-refractivity contribution in [1.29, 1.82) is 0 Å². The van der Waals surface area contributed by atoms with Crippen LogP contribution in [-0.4, -0.2) is 44.9 Å². The maximum atomic E-state index is 11.1. The zero-order valence-corrected chi connectivity index (χ0v) is 20.6. The van der Waals surface area contributed by atoms with E-state index in [0.717, 1.165) is 0 Å². The minimum Gasteiger partial charge on any atom is -0.508 e. The lowest BCUT2D eigenvalue weighted by atomic mass is 9.79. The lowest BCUT2D eigenvalue weighted by molar-refractivity contribution is 0.372. The molecule has 0 heterocycles. The van der Waals surface area contributed by atoms with Gasteiger partial charge in [0.1, 0.15) is 23.0 Å². The van der Waals surface area contributed by atoms with E-state index in [0.29, 0.717) is 33.4 Å². The summed E-state index contributed by atoms with van der Waals surface area (Å²) in [7, 11) is 2.88. The summed E-state index contributed by atoms with van der Waals surface area (Å²) in [6.07, 6.45) is 1.84. The van der Waals surface area contributed by atoms with E-state index in [2.05, 4.69) is 0 Å². The molecule has 6 N–H and O–H groups in total. The first-order valence-corrected chi connectivity index (χ1v) is 11.7. The van der Waals surface area contributed by atoms with Gasteiger partial charge in [0.2, 0.25) is 0 Å². The van der Waals surface area contributed by atoms with E-state index in [1.54, 1.807) is 30.3 Å². The number of hydrogen-bond donors (Lipinski definition) is 6. The number of benzene rings is 4. The first kappa shape index (κ1) is 24.7. The molecule has 0 unspecified atom stereocenters. The molecule has 8 nitrogen and oxygen atoms in total. The Kier molecular flexibility index (Phi) is 6.16. The molecule has 0 saturated heterocycles. The van der Waals surface area contributed by atoms with Gasteiger partial charge in [-0.15, -0.1) is 0 Å². The smallest absolute Gasteiger partial charge is 0.161 e.